The van der Waals surface area contributed by atoms with Crippen LogP contribution in [0.1, 0.15) is 31.7 Å². The Hall–Kier alpha value is -2.86. The summed E-state index contributed by atoms with van der Waals surface area (Å²) in [6.07, 6.45) is 3.82. The van der Waals surface area contributed by atoms with Gasteiger partial charge in [0.15, 0.2) is 11.6 Å². The van der Waals surface area contributed by atoms with Gasteiger partial charge in [0.1, 0.15) is 11.2 Å². The quantitative estimate of drug-likeness (QED) is 0.544. The minimum Gasteiger partial charge on any atom is -0.492 e. The predicted molar refractivity (Wildman–Crippen MR) is 115 cm³/mol. The number of aromatic nitrogens is 2. The monoisotopic (exact) mass is 427 g/mol. The van der Waals surface area contributed by atoms with Gasteiger partial charge in [-0.05, 0) is 43.6 Å². The van der Waals surface area contributed by atoms with Crippen LogP contribution in [0.2, 0.25) is 0 Å². The van der Waals surface area contributed by atoms with Crippen molar-refractivity contribution in [1.29, 1.82) is 0 Å². The molecule has 2 N–H and O–H groups in total. The van der Waals surface area contributed by atoms with E-state index in [1.54, 1.807) is 4.57 Å². The number of fused-ring (bicyclic) bond motifs is 2. The molecule has 164 valence electrons. The van der Waals surface area contributed by atoms with E-state index >= 15 is 4.39 Å². The Kier molecular flexibility index (Phi) is 4.97. The number of aromatic amines is 1. The number of H-pyrrole nitrogens is 1. The van der Waals surface area contributed by atoms with Gasteiger partial charge < -0.3 is 19.8 Å². The van der Waals surface area contributed by atoms with Crippen LogP contribution in [0.3, 0.4) is 0 Å². The van der Waals surface area contributed by atoms with Crippen molar-refractivity contribution in [2.45, 2.75) is 37.8 Å². The van der Waals surface area contributed by atoms with Crippen molar-refractivity contribution in [3.05, 3.63) is 44.1 Å². The number of benzene rings is 1. The largest absolute Gasteiger partial charge is 0.492 e. The molecule has 2 aromatic rings. The number of anilines is 1. The summed E-state index contributed by atoms with van der Waals surface area (Å²) in [5.41, 5.74) is -0.344. The second-order valence-corrected chi connectivity index (χ2v) is 8.85. The van der Waals surface area contributed by atoms with Crippen molar-refractivity contribution in [3.63, 3.8) is 0 Å². The lowest BCUT2D eigenvalue weighted by atomic mass is 9.98. The Morgan fingerprint density at radius 3 is 2.81 bits per heavy atom. The van der Waals surface area contributed by atoms with E-state index < -0.39 is 17.1 Å². The topological polar surface area (TPSA) is 83.7 Å². The van der Waals surface area contributed by atoms with E-state index in [0.29, 0.717) is 55.3 Å². The molecule has 2 saturated carbocycles. The first-order valence-corrected chi connectivity index (χ1v) is 10.9. The number of halogens is 1. The molecule has 0 radical (unpaired) electrons. The highest BCUT2D eigenvalue weighted by molar-refractivity contribution is 5.91. The van der Waals surface area contributed by atoms with Crippen LogP contribution < -0.4 is 26.2 Å². The van der Waals surface area contributed by atoms with Gasteiger partial charge in [-0.3, -0.25) is 14.3 Å². The van der Waals surface area contributed by atoms with Crippen LogP contribution in [0.25, 0.3) is 15.7 Å². The average Bonchev–Trinajstić information content (AvgIpc) is 3.38. The minimum absolute atomic E-state index is 0.00745. The SMILES string of the molecule is [C-]#[N+]CCNC1CCC2CN(c3c(F)cc4c(=O)[nH]c(=O)n(C5CC5)c4c3OC)CC21. The first-order valence-electron chi connectivity index (χ1n) is 10.9. The third-order valence-corrected chi connectivity index (χ3v) is 7.03. The Labute approximate surface area is 178 Å². The fraction of sp³-hybridized carbons (Fsp3) is 0.591. The van der Waals surface area contributed by atoms with Crippen LogP contribution in [0.5, 0.6) is 5.75 Å². The summed E-state index contributed by atoms with van der Waals surface area (Å²) >= 11 is 0. The highest BCUT2D eigenvalue weighted by Gasteiger charge is 2.44. The van der Waals surface area contributed by atoms with Gasteiger partial charge in [-0.15, -0.1) is 0 Å². The van der Waals surface area contributed by atoms with E-state index in [1.165, 1.54) is 13.2 Å². The van der Waals surface area contributed by atoms with E-state index in [0.717, 1.165) is 25.7 Å². The molecule has 5 rings (SSSR count). The lowest BCUT2D eigenvalue weighted by molar-refractivity contribution is 0.395. The average molecular weight is 427 g/mol. The number of hydrogen-bond donors (Lipinski definition) is 2. The second-order valence-electron chi connectivity index (χ2n) is 8.85. The molecule has 2 heterocycles. The van der Waals surface area contributed by atoms with Gasteiger partial charge in [0.25, 0.3) is 5.56 Å². The Morgan fingerprint density at radius 2 is 2.10 bits per heavy atom. The fourth-order valence-electron chi connectivity index (χ4n) is 5.52. The zero-order valence-corrected chi connectivity index (χ0v) is 17.5. The van der Waals surface area contributed by atoms with Gasteiger partial charge in [-0.2, -0.15) is 0 Å². The van der Waals surface area contributed by atoms with Crippen molar-refractivity contribution in [3.8, 4) is 5.75 Å². The van der Waals surface area contributed by atoms with Gasteiger partial charge in [-0.1, -0.05) is 0 Å². The lowest BCUT2D eigenvalue weighted by Crippen LogP contribution is -2.37. The minimum atomic E-state index is -0.594. The maximum absolute atomic E-state index is 15.4. The molecule has 3 unspecified atom stereocenters. The molecule has 3 fully saturated rings. The van der Waals surface area contributed by atoms with E-state index in [2.05, 4.69) is 15.1 Å². The maximum atomic E-state index is 15.4. The highest BCUT2D eigenvalue weighted by atomic mass is 19.1. The molecule has 0 bridgehead atoms. The molecule has 8 nitrogen and oxygen atoms in total. The van der Waals surface area contributed by atoms with Gasteiger partial charge in [0, 0.05) is 25.2 Å². The van der Waals surface area contributed by atoms with E-state index in [-0.39, 0.29) is 17.2 Å². The number of hydrogen-bond acceptors (Lipinski definition) is 5. The lowest BCUT2D eigenvalue weighted by Gasteiger charge is -2.26. The van der Waals surface area contributed by atoms with Crippen LogP contribution in [0.4, 0.5) is 10.1 Å². The van der Waals surface area contributed by atoms with Crippen LogP contribution in [0.15, 0.2) is 15.7 Å². The van der Waals surface area contributed by atoms with Crippen LogP contribution in [-0.4, -0.2) is 48.9 Å². The molecule has 1 aliphatic heterocycles. The van der Waals surface area contributed by atoms with Crippen molar-refractivity contribution in [2.24, 2.45) is 11.8 Å². The molecule has 3 atom stereocenters. The number of rotatable bonds is 6. The van der Waals surface area contributed by atoms with Gasteiger partial charge in [0.2, 0.25) is 6.54 Å². The number of nitrogens with zero attached hydrogens (tertiary/aromatic N) is 3. The molecule has 0 spiro atoms. The van der Waals surface area contributed by atoms with Crippen LogP contribution in [0, 0.1) is 24.2 Å². The molecule has 9 heteroatoms. The highest BCUT2D eigenvalue weighted by Crippen LogP contribution is 2.46. The third kappa shape index (κ3) is 3.30. The Bertz CT molecular complexity index is 1180. The van der Waals surface area contributed by atoms with Crippen molar-refractivity contribution in [2.75, 3.05) is 38.2 Å². The molecule has 1 saturated heterocycles. The Balaban J connectivity index is 1.56. The van der Waals surface area contributed by atoms with Crippen molar-refractivity contribution in [1.82, 2.24) is 14.9 Å². The number of nitrogens with one attached hydrogen (secondary N) is 2. The summed E-state index contributed by atoms with van der Waals surface area (Å²) in [5, 5.41) is 3.63. The molecule has 1 aromatic carbocycles. The van der Waals surface area contributed by atoms with Gasteiger partial charge >= 0.3 is 5.69 Å². The van der Waals surface area contributed by atoms with E-state index in [1.807, 2.05) is 4.90 Å². The zero-order chi connectivity index (χ0) is 21.7. The standard InChI is InChI=1S/C22H26FN5O3/c1-24-7-8-25-17-6-3-12-10-27(11-15(12)17)19-16(23)9-14-18(20(19)31-2)28(13-4-5-13)22(30)26-21(14)29/h9,12-13,15,17,25H,3-8,10-11H2,2H3,(H,26,29,30). The first-order chi connectivity index (χ1) is 15.0. The molecule has 2 aliphatic carbocycles. The van der Waals surface area contributed by atoms with Crippen molar-refractivity contribution >= 4 is 16.6 Å². The molecule has 0 amide bonds. The van der Waals surface area contributed by atoms with Crippen molar-refractivity contribution < 1.29 is 9.13 Å². The van der Waals surface area contributed by atoms with Crippen LogP contribution >= 0.6 is 0 Å². The maximum Gasteiger partial charge on any atom is 0.329 e. The summed E-state index contributed by atoms with van der Waals surface area (Å²) < 4.78 is 22.6. The summed E-state index contributed by atoms with van der Waals surface area (Å²) in [4.78, 5) is 32.7. The smallest absolute Gasteiger partial charge is 0.329 e. The summed E-state index contributed by atoms with van der Waals surface area (Å²) in [5.74, 6) is 0.571. The first kappa shape index (κ1) is 20.1. The van der Waals surface area contributed by atoms with E-state index in [9.17, 15) is 9.59 Å². The zero-order valence-electron chi connectivity index (χ0n) is 17.5. The molecular weight excluding hydrogens is 401 g/mol. The second kappa shape index (κ2) is 7.68. The van der Waals surface area contributed by atoms with Crippen LogP contribution in [-0.2, 0) is 0 Å². The summed E-state index contributed by atoms with van der Waals surface area (Å²) in [6, 6.07) is 1.57. The molecule has 31 heavy (non-hydrogen) atoms. The molecular formula is C22H26FN5O3. The summed E-state index contributed by atoms with van der Waals surface area (Å²) in [6.45, 7) is 9.47. The summed E-state index contributed by atoms with van der Waals surface area (Å²) in [7, 11) is 1.46. The fourth-order valence-corrected chi connectivity index (χ4v) is 5.52. The predicted octanol–water partition coefficient (Wildman–Crippen LogP) is 1.90. The normalized spacial score (nSPS) is 25.1. The third-order valence-electron chi connectivity index (χ3n) is 7.03. The number of ether oxygens (including phenoxy) is 1. The Morgan fingerprint density at radius 1 is 1.29 bits per heavy atom. The molecule has 3 aliphatic rings. The van der Waals surface area contributed by atoms with Gasteiger partial charge in [-0.25, -0.2) is 15.8 Å². The van der Waals surface area contributed by atoms with E-state index in [4.69, 9.17) is 11.3 Å². The van der Waals surface area contributed by atoms with Gasteiger partial charge in [0.05, 0.1) is 19.0 Å². The molecule has 1 aromatic heterocycles. The number of methoxy groups -OCH3 is 1.